The Kier molecular flexibility index (Phi) is 4.96. The van der Waals surface area contributed by atoms with Crippen molar-refractivity contribution in [1.29, 1.82) is 0 Å². The molecule has 0 N–H and O–H groups in total. The van der Waals surface area contributed by atoms with Crippen LogP contribution in [0.1, 0.15) is 13.3 Å². The predicted molar refractivity (Wildman–Crippen MR) is 91.4 cm³/mol. The van der Waals surface area contributed by atoms with Gasteiger partial charge in [0, 0.05) is 5.02 Å². The average molecular weight is 364 g/mol. The van der Waals surface area contributed by atoms with Gasteiger partial charge in [0.15, 0.2) is 11.2 Å². The molecular formula is C15H14ClN5O2S. The van der Waals surface area contributed by atoms with E-state index in [9.17, 15) is 4.79 Å². The van der Waals surface area contributed by atoms with Gasteiger partial charge >= 0.3 is 5.97 Å². The fourth-order valence-electron chi connectivity index (χ4n) is 2.16. The van der Waals surface area contributed by atoms with Crippen LogP contribution in [0.2, 0.25) is 5.02 Å². The number of hydrogen-bond acceptors (Lipinski definition) is 7. The number of benzene rings is 1. The first-order valence-electron chi connectivity index (χ1n) is 7.21. The predicted octanol–water partition coefficient (Wildman–Crippen LogP) is 2.91. The summed E-state index contributed by atoms with van der Waals surface area (Å²) in [7, 11) is 1.37. The standard InChI is InChI=1S/C15H14ClN5O2S/c1-3-11(15(22)23-2)24-14-12-13(17-8-18-14)21(20-19-12)10-6-4-5-9(16)7-10/h4-8,11H,3H2,1-2H3. The second-order valence-electron chi connectivity index (χ2n) is 4.87. The van der Waals surface area contributed by atoms with E-state index in [0.29, 0.717) is 27.6 Å². The van der Waals surface area contributed by atoms with Crippen LogP contribution in [0.15, 0.2) is 35.6 Å². The van der Waals surface area contributed by atoms with E-state index in [4.69, 9.17) is 16.3 Å². The zero-order chi connectivity index (χ0) is 17.1. The van der Waals surface area contributed by atoms with Crippen LogP contribution >= 0.6 is 23.4 Å². The minimum atomic E-state index is -0.357. The maximum atomic E-state index is 11.8. The Bertz CT molecular complexity index is 885. The quantitative estimate of drug-likeness (QED) is 0.391. The Morgan fingerprint density at radius 1 is 1.42 bits per heavy atom. The number of fused-ring (bicyclic) bond motifs is 1. The Labute approximate surface area is 147 Å². The summed E-state index contributed by atoms with van der Waals surface area (Å²) in [5, 5.41) is 9.14. The normalized spacial score (nSPS) is 12.3. The third kappa shape index (κ3) is 3.20. The Morgan fingerprint density at radius 2 is 2.25 bits per heavy atom. The maximum absolute atomic E-state index is 11.8. The van der Waals surface area contributed by atoms with Crippen LogP contribution in [-0.2, 0) is 9.53 Å². The molecule has 0 spiro atoms. The molecule has 2 aromatic heterocycles. The van der Waals surface area contributed by atoms with Gasteiger partial charge in [-0.15, -0.1) is 5.10 Å². The van der Waals surface area contributed by atoms with Gasteiger partial charge in [0.1, 0.15) is 16.6 Å². The second kappa shape index (κ2) is 7.14. The van der Waals surface area contributed by atoms with Gasteiger partial charge in [-0.3, -0.25) is 4.79 Å². The lowest BCUT2D eigenvalue weighted by Crippen LogP contribution is -2.17. The molecule has 0 fully saturated rings. The van der Waals surface area contributed by atoms with Gasteiger partial charge in [0.05, 0.1) is 12.8 Å². The average Bonchev–Trinajstić information content (AvgIpc) is 3.04. The number of carbonyl (C=O) groups excluding carboxylic acids is 1. The van der Waals surface area contributed by atoms with Gasteiger partial charge in [0.25, 0.3) is 0 Å². The topological polar surface area (TPSA) is 82.8 Å². The first-order valence-corrected chi connectivity index (χ1v) is 8.46. The first-order chi connectivity index (χ1) is 11.6. The summed E-state index contributed by atoms with van der Waals surface area (Å²) in [5.74, 6) is -0.295. The van der Waals surface area contributed by atoms with E-state index in [0.717, 1.165) is 5.69 Å². The molecule has 3 rings (SSSR count). The van der Waals surface area contributed by atoms with E-state index in [2.05, 4.69) is 20.3 Å². The summed E-state index contributed by atoms with van der Waals surface area (Å²) in [6.45, 7) is 1.91. The smallest absolute Gasteiger partial charge is 0.319 e. The zero-order valence-corrected chi connectivity index (χ0v) is 14.6. The Balaban J connectivity index is 2.02. The van der Waals surface area contributed by atoms with Gasteiger partial charge < -0.3 is 4.74 Å². The minimum absolute atomic E-state index is 0.295. The van der Waals surface area contributed by atoms with Crippen molar-refractivity contribution in [3.63, 3.8) is 0 Å². The molecule has 24 heavy (non-hydrogen) atoms. The first kappa shape index (κ1) is 16.7. The molecule has 0 amide bonds. The molecule has 0 aliphatic heterocycles. The van der Waals surface area contributed by atoms with E-state index in [1.807, 2.05) is 19.1 Å². The Morgan fingerprint density at radius 3 is 2.96 bits per heavy atom. The van der Waals surface area contributed by atoms with Crippen LogP contribution in [0.4, 0.5) is 0 Å². The number of carbonyl (C=O) groups is 1. The summed E-state index contributed by atoms with van der Waals surface area (Å²) < 4.78 is 6.41. The number of nitrogens with zero attached hydrogens (tertiary/aromatic N) is 5. The van der Waals surface area contributed by atoms with E-state index >= 15 is 0 Å². The van der Waals surface area contributed by atoms with Crippen molar-refractivity contribution < 1.29 is 9.53 Å². The maximum Gasteiger partial charge on any atom is 0.319 e. The lowest BCUT2D eigenvalue weighted by atomic mass is 10.3. The van der Waals surface area contributed by atoms with Gasteiger partial charge in [-0.25, -0.2) is 9.97 Å². The van der Waals surface area contributed by atoms with E-state index in [1.54, 1.807) is 16.8 Å². The van der Waals surface area contributed by atoms with E-state index < -0.39 is 0 Å². The lowest BCUT2D eigenvalue weighted by molar-refractivity contribution is -0.140. The van der Waals surface area contributed by atoms with Crippen LogP contribution in [-0.4, -0.2) is 43.3 Å². The van der Waals surface area contributed by atoms with Crippen molar-refractivity contribution in [2.24, 2.45) is 0 Å². The molecule has 3 aromatic rings. The van der Waals surface area contributed by atoms with Crippen LogP contribution in [0.5, 0.6) is 0 Å². The molecule has 7 nitrogen and oxygen atoms in total. The zero-order valence-electron chi connectivity index (χ0n) is 13.0. The number of methoxy groups -OCH3 is 1. The van der Waals surface area contributed by atoms with Crippen molar-refractivity contribution in [3.8, 4) is 5.69 Å². The largest absolute Gasteiger partial charge is 0.468 e. The van der Waals surface area contributed by atoms with Crippen molar-refractivity contribution in [1.82, 2.24) is 25.0 Å². The number of aromatic nitrogens is 5. The van der Waals surface area contributed by atoms with Crippen molar-refractivity contribution in [2.75, 3.05) is 7.11 Å². The summed E-state index contributed by atoms with van der Waals surface area (Å²) in [6, 6.07) is 7.24. The second-order valence-corrected chi connectivity index (χ2v) is 6.50. The lowest BCUT2D eigenvalue weighted by Gasteiger charge is -2.11. The van der Waals surface area contributed by atoms with E-state index in [-0.39, 0.29) is 11.2 Å². The van der Waals surface area contributed by atoms with Crippen LogP contribution in [0, 0.1) is 0 Å². The highest BCUT2D eigenvalue weighted by Gasteiger charge is 2.22. The molecule has 9 heteroatoms. The van der Waals surface area contributed by atoms with Crippen molar-refractivity contribution >= 4 is 40.5 Å². The molecule has 1 aromatic carbocycles. The molecule has 0 aliphatic rings. The van der Waals surface area contributed by atoms with Gasteiger partial charge in [-0.05, 0) is 24.6 Å². The number of hydrogen-bond donors (Lipinski definition) is 0. The van der Waals surface area contributed by atoms with E-state index in [1.165, 1.54) is 25.2 Å². The van der Waals surface area contributed by atoms with Crippen molar-refractivity contribution in [2.45, 2.75) is 23.6 Å². The summed E-state index contributed by atoms with van der Waals surface area (Å²) in [6.07, 6.45) is 2.05. The highest BCUT2D eigenvalue weighted by Crippen LogP contribution is 2.29. The number of halogens is 1. The number of rotatable bonds is 5. The molecule has 0 aliphatic carbocycles. The molecule has 0 saturated carbocycles. The molecule has 0 bridgehead atoms. The third-order valence-corrected chi connectivity index (χ3v) is 4.91. The number of thioether (sulfide) groups is 1. The molecule has 0 radical (unpaired) electrons. The number of ether oxygens (including phenoxy) is 1. The molecule has 1 atom stereocenters. The molecule has 0 saturated heterocycles. The molecule has 1 unspecified atom stereocenters. The van der Waals surface area contributed by atoms with Crippen LogP contribution < -0.4 is 0 Å². The molecular weight excluding hydrogens is 350 g/mol. The third-order valence-electron chi connectivity index (χ3n) is 3.35. The van der Waals surface area contributed by atoms with Gasteiger partial charge in [0.2, 0.25) is 0 Å². The monoisotopic (exact) mass is 363 g/mol. The van der Waals surface area contributed by atoms with Gasteiger partial charge in [-0.1, -0.05) is 41.6 Å². The van der Waals surface area contributed by atoms with Crippen molar-refractivity contribution in [3.05, 3.63) is 35.6 Å². The minimum Gasteiger partial charge on any atom is -0.468 e. The summed E-state index contributed by atoms with van der Waals surface area (Å²) >= 11 is 7.33. The SMILES string of the molecule is CCC(Sc1ncnc2c1nnn2-c1cccc(Cl)c1)C(=O)OC. The molecule has 124 valence electrons. The summed E-state index contributed by atoms with van der Waals surface area (Å²) in [4.78, 5) is 20.3. The Hall–Kier alpha value is -2.19. The highest BCUT2D eigenvalue weighted by atomic mass is 35.5. The number of esters is 1. The van der Waals surface area contributed by atoms with Crippen LogP contribution in [0.3, 0.4) is 0 Å². The fraction of sp³-hybridized carbons (Fsp3) is 0.267. The van der Waals surface area contributed by atoms with Gasteiger partial charge in [-0.2, -0.15) is 4.68 Å². The fourth-order valence-corrected chi connectivity index (χ4v) is 3.33. The molecule has 2 heterocycles. The van der Waals surface area contributed by atoms with Crippen LogP contribution in [0.25, 0.3) is 16.9 Å². The highest BCUT2D eigenvalue weighted by molar-refractivity contribution is 8.00. The summed E-state index contributed by atoms with van der Waals surface area (Å²) in [5.41, 5.74) is 1.83.